The van der Waals surface area contributed by atoms with Gasteiger partial charge in [-0.15, -0.1) is 5.73 Å². The number of fused-ring (bicyclic) bond motifs is 1. The predicted octanol–water partition coefficient (Wildman–Crippen LogP) is 1.17. The molecule has 3 nitrogen and oxygen atoms in total. The van der Waals surface area contributed by atoms with Gasteiger partial charge in [0.15, 0.2) is 5.76 Å². The SMILES string of the molecule is Cn1c2c(oc1=O)C=CC=C=C2. The quantitative estimate of drug-likeness (QED) is 0.535. The van der Waals surface area contributed by atoms with Crippen LogP contribution in [0.2, 0.25) is 0 Å². The fourth-order valence-electron chi connectivity index (χ4n) is 1.08. The summed E-state index contributed by atoms with van der Waals surface area (Å²) in [7, 11) is 1.67. The minimum Gasteiger partial charge on any atom is -0.408 e. The van der Waals surface area contributed by atoms with Crippen LogP contribution in [0.1, 0.15) is 11.5 Å². The molecule has 0 fully saturated rings. The molecule has 0 saturated heterocycles. The highest BCUT2D eigenvalue weighted by molar-refractivity contribution is 5.61. The highest BCUT2D eigenvalue weighted by atomic mass is 16.4. The Hall–Kier alpha value is -1.73. The molecule has 1 aliphatic carbocycles. The molecule has 0 bridgehead atoms. The highest BCUT2D eigenvalue weighted by Gasteiger charge is 2.08. The number of oxazole rings is 1. The zero-order valence-corrected chi connectivity index (χ0v) is 6.57. The van der Waals surface area contributed by atoms with E-state index in [1.807, 2.05) is 0 Å². The molecule has 0 amide bonds. The molecule has 1 aromatic rings. The molecule has 1 aromatic heterocycles. The van der Waals surface area contributed by atoms with Crippen molar-refractivity contribution in [1.29, 1.82) is 0 Å². The van der Waals surface area contributed by atoms with Crippen molar-refractivity contribution in [3.8, 4) is 0 Å². The standard InChI is InChI=1S/C9H7NO2/c1-10-7-5-3-2-4-6-8(7)12-9(10)11/h2,4-6H,1H3. The van der Waals surface area contributed by atoms with E-state index < -0.39 is 0 Å². The van der Waals surface area contributed by atoms with Crippen molar-refractivity contribution in [3.05, 3.63) is 39.9 Å². The zero-order valence-electron chi connectivity index (χ0n) is 6.57. The third-order valence-corrected chi connectivity index (χ3v) is 1.75. The molecule has 3 heteroatoms. The second kappa shape index (κ2) is 2.40. The van der Waals surface area contributed by atoms with Crippen molar-refractivity contribution in [1.82, 2.24) is 4.57 Å². The molecule has 12 heavy (non-hydrogen) atoms. The molecule has 1 heterocycles. The molecule has 0 unspecified atom stereocenters. The average Bonchev–Trinajstić information content (AvgIpc) is 2.30. The van der Waals surface area contributed by atoms with Gasteiger partial charge in [-0.3, -0.25) is 4.57 Å². The van der Waals surface area contributed by atoms with E-state index in [2.05, 4.69) is 5.73 Å². The minimum absolute atomic E-state index is 0.343. The van der Waals surface area contributed by atoms with Crippen molar-refractivity contribution >= 4 is 12.2 Å². The fraction of sp³-hybridized carbons (Fsp3) is 0.111. The molecule has 1 aliphatic rings. The predicted molar refractivity (Wildman–Crippen MR) is 45.5 cm³/mol. The number of nitrogens with zero attached hydrogens (tertiary/aromatic N) is 1. The summed E-state index contributed by atoms with van der Waals surface area (Å²) in [5, 5.41) is 0. The van der Waals surface area contributed by atoms with Gasteiger partial charge in [0.25, 0.3) is 0 Å². The lowest BCUT2D eigenvalue weighted by molar-refractivity contribution is 0.487. The average molecular weight is 161 g/mol. The van der Waals surface area contributed by atoms with Crippen LogP contribution in [-0.2, 0) is 7.05 Å². The maximum atomic E-state index is 11.0. The fourth-order valence-corrected chi connectivity index (χ4v) is 1.08. The van der Waals surface area contributed by atoms with E-state index in [4.69, 9.17) is 4.42 Å². The zero-order chi connectivity index (χ0) is 8.55. The van der Waals surface area contributed by atoms with Crippen LogP contribution in [0.15, 0.2) is 27.1 Å². The summed E-state index contributed by atoms with van der Waals surface area (Å²) in [4.78, 5) is 11.0. The van der Waals surface area contributed by atoms with Crippen LogP contribution in [0.4, 0.5) is 0 Å². The monoisotopic (exact) mass is 161 g/mol. The molecule has 0 saturated carbocycles. The van der Waals surface area contributed by atoms with Crippen molar-refractivity contribution in [3.63, 3.8) is 0 Å². The molecular formula is C9H7NO2. The van der Waals surface area contributed by atoms with Crippen LogP contribution in [-0.4, -0.2) is 4.57 Å². The Balaban J connectivity index is 2.82. The third-order valence-electron chi connectivity index (χ3n) is 1.75. The Labute approximate surface area is 68.9 Å². The first-order valence-corrected chi connectivity index (χ1v) is 3.58. The number of aromatic nitrogens is 1. The first-order valence-electron chi connectivity index (χ1n) is 3.58. The van der Waals surface area contributed by atoms with Crippen molar-refractivity contribution in [2.24, 2.45) is 7.05 Å². The van der Waals surface area contributed by atoms with E-state index in [1.165, 1.54) is 4.57 Å². The van der Waals surface area contributed by atoms with Gasteiger partial charge < -0.3 is 4.42 Å². The summed E-state index contributed by atoms with van der Waals surface area (Å²) in [6.45, 7) is 0. The van der Waals surface area contributed by atoms with Gasteiger partial charge in [0.1, 0.15) is 0 Å². The number of hydrogen-bond acceptors (Lipinski definition) is 2. The lowest BCUT2D eigenvalue weighted by atomic mass is 10.3. The van der Waals surface area contributed by atoms with Gasteiger partial charge in [-0.1, -0.05) is 6.08 Å². The Morgan fingerprint density at radius 1 is 1.58 bits per heavy atom. The first kappa shape index (κ1) is 6.95. The molecule has 60 valence electrons. The third kappa shape index (κ3) is 0.881. The molecule has 0 radical (unpaired) electrons. The molecule has 0 aliphatic heterocycles. The van der Waals surface area contributed by atoms with Gasteiger partial charge in [0, 0.05) is 13.1 Å². The maximum Gasteiger partial charge on any atom is 0.419 e. The van der Waals surface area contributed by atoms with Gasteiger partial charge in [-0.25, -0.2) is 4.79 Å². The second-order valence-corrected chi connectivity index (χ2v) is 2.51. The summed E-state index contributed by atoms with van der Waals surface area (Å²) in [5.41, 5.74) is 3.66. The Kier molecular flexibility index (Phi) is 1.39. The summed E-state index contributed by atoms with van der Waals surface area (Å²) < 4.78 is 6.40. The molecular weight excluding hydrogens is 154 g/mol. The van der Waals surface area contributed by atoms with Gasteiger partial charge in [0.2, 0.25) is 0 Å². The largest absolute Gasteiger partial charge is 0.419 e. The van der Waals surface area contributed by atoms with E-state index in [0.717, 1.165) is 5.69 Å². The van der Waals surface area contributed by atoms with E-state index in [1.54, 1.807) is 31.4 Å². The lowest BCUT2D eigenvalue weighted by Gasteiger charge is -1.89. The van der Waals surface area contributed by atoms with Crippen LogP contribution >= 0.6 is 0 Å². The van der Waals surface area contributed by atoms with Crippen molar-refractivity contribution in [2.75, 3.05) is 0 Å². The topological polar surface area (TPSA) is 35.1 Å². The summed E-state index contributed by atoms with van der Waals surface area (Å²) >= 11 is 0. The van der Waals surface area contributed by atoms with Crippen LogP contribution in [0.25, 0.3) is 12.2 Å². The van der Waals surface area contributed by atoms with E-state index >= 15 is 0 Å². The summed E-state index contributed by atoms with van der Waals surface area (Å²) in [5.74, 6) is 0.244. The van der Waals surface area contributed by atoms with E-state index in [0.29, 0.717) is 5.76 Å². The van der Waals surface area contributed by atoms with Crippen LogP contribution in [0.5, 0.6) is 0 Å². The molecule has 2 rings (SSSR count). The molecule has 0 spiro atoms. The highest BCUT2D eigenvalue weighted by Crippen LogP contribution is 2.11. The van der Waals surface area contributed by atoms with Crippen molar-refractivity contribution in [2.45, 2.75) is 0 Å². The summed E-state index contributed by atoms with van der Waals surface area (Å²) in [6.07, 6.45) is 7.01. The Morgan fingerprint density at radius 2 is 2.42 bits per heavy atom. The molecule has 0 N–H and O–H groups in total. The Bertz CT molecular complexity index is 453. The minimum atomic E-state index is -0.343. The van der Waals surface area contributed by atoms with Gasteiger partial charge >= 0.3 is 5.76 Å². The van der Waals surface area contributed by atoms with E-state index in [-0.39, 0.29) is 5.76 Å². The number of hydrogen-bond donors (Lipinski definition) is 0. The van der Waals surface area contributed by atoms with Gasteiger partial charge in [0.05, 0.1) is 5.69 Å². The molecule has 0 aromatic carbocycles. The second-order valence-electron chi connectivity index (χ2n) is 2.51. The van der Waals surface area contributed by atoms with Gasteiger partial charge in [-0.2, -0.15) is 0 Å². The van der Waals surface area contributed by atoms with Crippen molar-refractivity contribution < 1.29 is 4.42 Å². The Morgan fingerprint density at radius 3 is 3.25 bits per heavy atom. The lowest BCUT2D eigenvalue weighted by Crippen LogP contribution is -2.09. The number of allylic oxidation sites excluding steroid dienone is 2. The summed E-state index contributed by atoms with van der Waals surface area (Å²) in [6, 6.07) is 0. The van der Waals surface area contributed by atoms with Crippen LogP contribution in [0, 0.1) is 0 Å². The smallest absolute Gasteiger partial charge is 0.408 e. The van der Waals surface area contributed by atoms with E-state index in [9.17, 15) is 4.79 Å². The molecule has 0 atom stereocenters. The normalized spacial score (nSPS) is 13.1. The van der Waals surface area contributed by atoms with Crippen LogP contribution < -0.4 is 5.76 Å². The van der Waals surface area contributed by atoms with Gasteiger partial charge in [-0.05, 0) is 12.2 Å². The first-order chi connectivity index (χ1) is 5.79. The van der Waals surface area contributed by atoms with Crippen LogP contribution in [0.3, 0.4) is 0 Å². The number of rotatable bonds is 0. The maximum absolute atomic E-state index is 11.0.